The molecule has 37 heavy (non-hydrogen) atoms. The summed E-state index contributed by atoms with van der Waals surface area (Å²) >= 11 is 0. The topological polar surface area (TPSA) is 57.9 Å². The summed E-state index contributed by atoms with van der Waals surface area (Å²) in [7, 11) is 0. The van der Waals surface area contributed by atoms with E-state index in [4.69, 9.17) is 4.98 Å². The first-order chi connectivity index (χ1) is 18.1. The van der Waals surface area contributed by atoms with Gasteiger partial charge in [-0.1, -0.05) is 61.0 Å². The van der Waals surface area contributed by atoms with Crippen LogP contribution in [0.1, 0.15) is 42.2 Å². The number of carbonyl (C=O) groups is 2. The van der Waals surface area contributed by atoms with Crippen LogP contribution in [0.15, 0.2) is 72.9 Å². The van der Waals surface area contributed by atoms with E-state index in [1.54, 1.807) is 6.92 Å². The maximum atomic E-state index is 12.7. The van der Waals surface area contributed by atoms with E-state index in [1.807, 2.05) is 30.3 Å². The standard InChI is InChI=1S/C31H32N4O2/c1-22(36)23-10-12-24(13-11-23)27-14-15-29-32-30(25-6-3-2-4-7-25)28(35(29)20-27)21-33-16-18-34(19-17-33)31(37)26-8-5-9-26/h2-4,6-7,10-15,20,26H,5,8-9,16-19,21H2,1H3. The van der Waals surface area contributed by atoms with Gasteiger partial charge < -0.3 is 9.30 Å². The van der Waals surface area contributed by atoms with Gasteiger partial charge in [0.2, 0.25) is 5.91 Å². The molecule has 2 fully saturated rings. The van der Waals surface area contributed by atoms with Crippen molar-refractivity contribution >= 4 is 17.3 Å². The third-order valence-electron chi connectivity index (χ3n) is 7.90. The molecule has 6 heteroatoms. The number of piperazine rings is 1. The van der Waals surface area contributed by atoms with Crippen LogP contribution in [0.3, 0.4) is 0 Å². The summed E-state index contributed by atoms with van der Waals surface area (Å²) in [5, 5.41) is 0. The summed E-state index contributed by atoms with van der Waals surface area (Å²) in [4.78, 5) is 34.0. The molecule has 0 bridgehead atoms. The van der Waals surface area contributed by atoms with E-state index in [0.717, 1.165) is 84.9 Å². The third kappa shape index (κ3) is 4.69. The Labute approximate surface area is 217 Å². The summed E-state index contributed by atoms with van der Waals surface area (Å²) in [6.07, 6.45) is 5.46. The van der Waals surface area contributed by atoms with E-state index >= 15 is 0 Å². The quantitative estimate of drug-likeness (QED) is 0.342. The molecule has 1 aliphatic carbocycles. The summed E-state index contributed by atoms with van der Waals surface area (Å²) in [6, 6.07) is 22.3. The van der Waals surface area contributed by atoms with Gasteiger partial charge in [0.25, 0.3) is 0 Å². The highest BCUT2D eigenvalue weighted by molar-refractivity contribution is 5.94. The fourth-order valence-corrected chi connectivity index (χ4v) is 5.39. The maximum absolute atomic E-state index is 12.7. The van der Waals surface area contributed by atoms with Gasteiger partial charge in [-0.2, -0.15) is 0 Å². The lowest BCUT2D eigenvalue weighted by Gasteiger charge is -2.38. The Morgan fingerprint density at radius 1 is 0.838 bits per heavy atom. The number of carbonyl (C=O) groups excluding carboxylic acids is 2. The molecule has 0 radical (unpaired) electrons. The predicted octanol–water partition coefficient (Wildman–Crippen LogP) is 5.32. The number of imidazole rings is 1. The monoisotopic (exact) mass is 492 g/mol. The molecule has 6 nitrogen and oxygen atoms in total. The Morgan fingerprint density at radius 3 is 2.19 bits per heavy atom. The predicted molar refractivity (Wildman–Crippen MR) is 145 cm³/mol. The minimum absolute atomic E-state index is 0.0703. The summed E-state index contributed by atoms with van der Waals surface area (Å²) in [5.74, 6) is 0.685. The van der Waals surface area contributed by atoms with E-state index in [-0.39, 0.29) is 11.7 Å². The number of Topliss-reactive ketones (excluding diaryl/α,β-unsaturated/α-hetero) is 1. The molecule has 1 saturated carbocycles. The lowest BCUT2D eigenvalue weighted by molar-refractivity contribution is -0.140. The van der Waals surface area contributed by atoms with Crippen molar-refractivity contribution in [3.8, 4) is 22.4 Å². The van der Waals surface area contributed by atoms with E-state index in [2.05, 4.69) is 56.8 Å². The molecule has 0 N–H and O–H groups in total. The Hall–Kier alpha value is -3.77. The molecule has 1 aliphatic heterocycles. The van der Waals surface area contributed by atoms with Crippen LogP contribution in [0.25, 0.3) is 28.0 Å². The van der Waals surface area contributed by atoms with Gasteiger partial charge in [-0.25, -0.2) is 4.98 Å². The zero-order valence-electron chi connectivity index (χ0n) is 21.3. The first-order valence-electron chi connectivity index (χ1n) is 13.3. The largest absolute Gasteiger partial charge is 0.340 e. The molecule has 188 valence electrons. The molecular formula is C31H32N4O2. The maximum Gasteiger partial charge on any atom is 0.225 e. The van der Waals surface area contributed by atoms with E-state index < -0.39 is 0 Å². The van der Waals surface area contributed by atoms with Crippen LogP contribution >= 0.6 is 0 Å². The Balaban J connectivity index is 1.31. The minimum atomic E-state index is 0.0703. The number of nitrogens with zero attached hydrogens (tertiary/aromatic N) is 4. The highest BCUT2D eigenvalue weighted by Gasteiger charge is 2.31. The zero-order valence-corrected chi connectivity index (χ0v) is 21.3. The second-order valence-corrected chi connectivity index (χ2v) is 10.3. The number of fused-ring (bicyclic) bond motifs is 1. The lowest BCUT2D eigenvalue weighted by Crippen LogP contribution is -2.50. The molecule has 6 rings (SSSR count). The molecule has 0 atom stereocenters. The van der Waals surface area contributed by atoms with Gasteiger partial charge >= 0.3 is 0 Å². The molecule has 1 amide bonds. The highest BCUT2D eigenvalue weighted by atomic mass is 16.2. The number of benzene rings is 2. The first-order valence-corrected chi connectivity index (χ1v) is 13.3. The number of ketones is 1. The van der Waals surface area contributed by atoms with Crippen LogP contribution in [0.4, 0.5) is 0 Å². The smallest absolute Gasteiger partial charge is 0.225 e. The second-order valence-electron chi connectivity index (χ2n) is 10.3. The average Bonchev–Trinajstić information content (AvgIpc) is 3.26. The average molecular weight is 493 g/mol. The normalized spacial score (nSPS) is 16.6. The molecule has 2 aromatic heterocycles. The van der Waals surface area contributed by atoms with Crippen LogP contribution in [-0.2, 0) is 11.3 Å². The van der Waals surface area contributed by atoms with Gasteiger partial charge in [0, 0.05) is 56.0 Å². The summed E-state index contributed by atoms with van der Waals surface area (Å²) < 4.78 is 2.21. The van der Waals surface area contributed by atoms with Crippen LogP contribution in [0.2, 0.25) is 0 Å². The van der Waals surface area contributed by atoms with Gasteiger partial charge in [-0.15, -0.1) is 0 Å². The fourth-order valence-electron chi connectivity index (χ4n) is 5.39. The number of aromatic nitrogens is 2. The Morgan fingerprint density at radius 2 is 1.54 bits per heavy atom. The Bertz CT molecular complexity index is 1430. The van der Waals surface area contributed by atoms with Crippen LogP contribution < -0.4 is 0 Å². The highest BCUT2D eigenvalue weighted by Crippen LogP contribution is 2.30. The van der Waals surface area contributed by atoms with Gasteiger partial charge in [-0.05, 0) is 43.0 Å². The van der Waals surface area contributed by atoms with Crippen molar-refractivity contribution in [1.29, 1.82) is 0 Å². The number of rotatable bonds is 6. The molecule has 3 heterocycles. The number of hydrogen-bond acceptors (Lipinski definition) is 4. The molecule has 2 aromatic carbocycles. The van der Waals surface area contributed by atoms with Crippen LogP contribution in [0, 0.1) is 5.92 Å². The van der Waals surface area contributed by atoms with Crippen molar-refractivity contribution in [3.63, 3.8) is 0 Å². The minimum Gasteiger partial charge on any atom is -0.340 e. The van der Waals surface area contributed by atoms with E-state index in [9.17, 15) is 9.59 Å². The SMILES string of the molecule is CC(=O)c1ccc(-c2ccc3nc(-c4ccccc4)c(CN4CCN(C(=O)C5CCC5)CC4)n3c2)cc1. The fraction of sp³-hybridized carbons (Fsp3) is 0.323. The lowest BCUT2D eigenvalue weighted by atomic mass is 9.84. The van der Waals surface area contributed by atoms with Crippen molar-refractivity contribution in [3.05, 3.63) is 84.2 Å². The first kappa shape index (κ1) is 23.6. The van der Waals surface area contributed by atoms with Gasteiger partial charge in [0.1, 0.15) is 5.65 Å². The molecule has 0 unspecified atom stereocenters. The molecule has 0 spiro atoms. The third-order valence-corrected chi connectivity index (χ3v) is 7.90. The molecular weight excluding hydrogens is 460 g/mol. The van der Waals surface area contributed by atoms with Gasteiger partial charge in [-0.3, -0.25) is 14.5 Å². The second kappa shape index (κ2) is 9.94. The van der Waals surface area contributed by atoms with Gasteiger partial charge in [0.15, 0.2) is 5.78 Å². The molecule has 1 saturated heterocycles. The van der Waals surface area contributed by atoms with E-state index in [1.165, 1.54) is 6.42 Å². The number of amides is 1. The zero-order chi connectivity index (χ0) is 25.4. The van der Waals surface area contributed by atoms with E-state index in [0.29, 0.717) is 5.91 Å². The van der Waals surface area contributed by atoms with Crippen molar-refractivity contribution in [2.24, 2.45) is 5.92 Å². The van der Waals surface area contributed by atoms with Crippen molar-refractivity contribution in [1.82, 2.24) is 19.2 Å². The van der Waals surface area contributed by atoms with Crippen molar-refractivity contribution < 1.29 is 9.59 Å². The van der Waals surface area contributed by atoms with Crippen molar-refractivity contribution in [2.45, 2.75) is 32.7 Å². The summed E-state index contributed by atoms with van der Waals surface area (Å²) in [5.41, 5.74) is 7.03. The van der Waals surface area contributed by atoms with Gasteiger partial charge in [0.05, 0.1) is 11.4 Å². The molecule has 2 aliphatic rings. The molecule has 4 aromatic rings. The van der Waals surface area contributed by atoms with Crippen molar-refractivity contribution in [2.75, 3.05) is 26.2 Å². The summed E-state index contributed by atoms with van der Waals surface area (Å²) in [6.45, 7) is 5.68. The Kier molecular flexibility index (Phi) is 6.35. The number of hydrogen-bond donors (Lipinski definition) is 0. The number of pyridine rings is 1. The van der Waals surface area contributed by atoms with Crippen LogP contribution in [-0.4, -0.2) is 57.1 Å². The van der Waals surface area contributed by atoms with Crippen LogP contribution in [0.5, 0.6) is 0 Å².